The number of hydrogen-bond acceptors (Lipinski definition) is 3. The molecule has 1 aromatic heterocycles. The van der Waals surface area contributed by atoms with E-state index in [-0.39, 0.29) is 5.97 Å². The van der Waals surface area contributed by atoms with Crippen molar-refractivity contribution < 1.29 is 9.53 Å². The van der Waals surface area contributed by atoms with Gasteiger partial charge < -0.3 is 9.30 Å². The van der Waals surface area contributed by atoms with E-state index in [1.165, 1.54) is 5.56 Å². The van der Waals surface area contributed by atoms with Crippen molar-refractivity contribution in [3.05, 3.63) is 89.5 Å². The van der Waals surface area contributed by atoms with Crippen molar-refractivity contribution >= 4 is 29.2 Å². The first-order chi connectivity index (χ1) is 13.1. The van der Waals surface area contributed by atoms with Crippen LogP contribution in [-0.2, 0) is 16.0 Å². The van der Waals surface area contributed by atoms with Crippen molar-refractivity contribution in [1.29, 1.82) is 0 Å². The molecule has 0 aliphatic rings. The van der Waals surface area contributed by atoms with Crippen LogP contribution < -0.4 is 0 Å². The number of nitrogens with zero attached hydrogens (tertiary/aromatic N) is 2. The molecule has 6 heteroatoms. The molecule has 0 amide bonds. The highest BCUT2D eigenvalue weighted by atomic mass is 35.5. The van der Waals surface area contributed by atoms with E-state index in [1.54, 1.807) is 35.4 Å². The predicted octanol–water partition coefficient (Wildman–Crippen LogP) is 5.58. The summed E-state index contributed by atoms with van der Waals surface area (Å²) in [6, 6.07) is 17.2. The first-order valence-electron chi connectivity index (χ1n) is 8.74. The van der Waals surface area contributed by atoms with E-state index in [4.69, 9.17) is 27.9 Å². The SMILES string of the molecule is O=C(CCCc1ccccc1)OC(c1ccc(Cl)cc1)C(Cl)n1ccnc1. The molecule has 0 bridgehead atoms. The lowest BCUT2D eigenvalue weighted by Crippen LogP contribution is -2.19. The molecular formula is C21H20Cl2N2O2. The number of hydrogen-bond donors (Lipinski definition) is 0. The molecule has 1 heterocycles. The van der Waals surface area contributed by atoms with E-state index in [0.717, 1.165) is 12.0 Å². The highest BCUT2D eigenvalue weighted by Crippen LogP contribution is 2.34. The first-order valence-corrected chi connectivity index (χ1v) is 9.55. The van der Waals surface area contributed by atoms with Gasteiger partial charge in [-0.3, -0.25) is 4.79 Å². The van der Waals surface area contributed by atoms with Gasteiger partial charge in [-0.15, -0.1) is 0 Å². The molecule has 0 saturated heterocycles. The molecule has 0 N–H and O–H groups in total. The van der Waals surface area contributed by atoms with E-state index in [1.807, 2.05) is 30.3 Å². The summed E-state index contributed by atoms with van der Waals surface area (Å²) >= 11 is 12.5. The zero-order chi connectivity index (χ0) is 19.1. The Bertz CT molecular complexity index is 836. The van der Waals surface area contributed by atoms with Gasteiger partial charge in [0.2, 0.25) is 0 Å². The number of aromatic nitrogens is 2. The largest absolute Gasteiger partial charge is 0.454 e. The Hall–Kier alpha value is -2.30. The van der Waals surface area contributed by atoms with Crippen LogP contribution in [-0.4, -0.2) is 15.5 Å². The average Bonchev–Trinajstić information content (AvgIpc) is 3.22. The molecule has 2 aromatic carbocycles. The third-order valence-electron chi connectivity index (χ3n) is 4.21. The fraction of sp³-hybridized carbons (Fsp3) is 0.238. The molecule has 27 heavy (non-hydrogen) atoms. The van der Waals surface area contributed by atoms with Crippen molar-refractivity contribution in [2.45, 2.75) is 30.9 Å². The molecule has 3 aromatic rings. The molecule has 2 atom stereocenters. The van der Waals surface area contributed by atoms with E-state index >= 15 is 0 Å². The second-order valence-corrected chi connectivity index (χ2v) is 7.07. The lowest BCUT2D eigenvalue weighted by molar-refractivity contribution is -0.150. The summed E-state index contributed by atoms with van der Waals surface area (Å²) < 4.78 is 7.44. The molecule has 140 valence electrons. The van der Waals surface area contributed by atoms with Gasteiger partial charge in [-0.2, -0.15) is 0 Å². The molecule has 3 rings (SSSR count). The monoisotopic (exact) mass is 402 g/mol. The summed E-state index contributed by atoms with van der Waals surface area (Å²) in [5, 5.41) is 0.612. The molecule has 0 saturated carbocycles. The Kier molecular flexibility index (Phi) is 6.91. The lowest BCUT2D eigenvalue weighted by atomic mass is 10.1. The van der Waals surface area contributed by atoms with Crippen LogP contribution in [0.2, 0.25) is 5.02 Å². The summed E-state index contributed by atoms with van der Waals surface area (Å²) in [5.41, 5.74) is 1.38. The zero-order valence-electron chi connectivity index (χ0n) is 14.7. The number of benzene rings is 2. The van der Waals surface area contributed by atoms with Gasteiger partial charge in [0.1, 0.15) is 5.50 Å². The van der Waals surface area contributed by atoms with Crippen LogP contribution in [0.3, 0.4) is 0 Å². The maximum atomic E-state index is 12.4. The quantitative estimate of drug-likeness (QED) is 0.364. The topological polar surface area (TPSA) is 44.1 Å². The molecule has 0 radical (unpaired) electrons. The van der Waals surface area contributed by atoms with Gasteiger partial charge in [0.25, 0.3) is 0 Å². The van der Waals surface area contributed by atoms with Crippen LogP contribution in [0.25, 0.3) is 0 Å². The predicted molar refractivity (Wildman–Crippen MR) is 107 cm³/mol. The van der Waals surface area contributed by atoms with Crippen molar-refractivity contribution in [3.63, 3.8) is 0 Å². The molecule has 0 fully saturated rings. The number of imidazole rings is 1. The minimum atomic E-state index is -0.637. The first kappa shape index (κ1) is 19.5. The number of carbonyl (C=O) groups is 1. The molecule has 0 aliphatic carbocycles. The highest BCUT2D eigenvalue weighted by Gasteiger charge is 2.26. The van der Waals surface area contributed by atoms with Crippen molar-refractivity contribution in [2.24, 2.45) is 0 Å². The van der Waals surface area contributed by atoms with E-state index < -0.39 is 11.6 Å². The van der Waals surface area contributed by atoms with Gasteiger partial charge in [-0.1, -0.05) is 65.7 Å². The fourth-order valence-electron chi connectivity index (χ4n) is 2.79. The molecule has 0 spiro atoms. The Balaban J connectivity index is 1.65. The Morgan fingerprint density at radius 3 is 2.52 bits per heavy atom. The van der Waals surface area contributed by atoms with Crippen molar-refractivity contribution in [3.8, 4) is 0 Å². The number of carbonyl (C=O) groups excluding carboxylic acids is 1. The second-order valence-electron chi connectivity index (χ2n) is 6.18. The van der Waals surface area contributed by atoms with Crippen LogP contribution >= 0.6 is 23.2 Å². The van der Waals surface area contributed by atoms with Gasteiger partial charge in [0.15, 0.2) is 6.10 Å². The Labute approximate surface area is 168 Å². The van der Waals surface area contributed by atoms with E-state index in [2.05, 4.69) is 17.1 Å². The molecule has 2 unspecified atom stereocenters. The Morgan fingerprint density at radius 1 is 1.11 bits per heavy atom. The number of ether oxygens (including phenoxy) is 1. The smallest absolute Gasteiger partial charge is 0.306 e. The van der Waals surface area contributed by atoms with Crippen LogP contribution in [0.1, 0.15) is 35.6 Å². The second kappa shape index (κ2) is 9.58. The normalized spacial score (nSPS) is 13.1. The minimum Gasteiger partial charge on any atom is -0.454 e. The summed E-state index contributed by atoms with van der Waals surface area (Å²) in [4.78, 5) is 16.4. The number of alkyl halides is 1. The van der Waals surface area contributed by atoms with Crippen molar-refractivity contribution in [1.82, 2.24) is 9.55 Å². The fourth-order valence-corrected chi connectivity index (χ4v) is 3.23. The third-order valence-corrected chi connectivity index (χ3v) is 4.91. The number of halogens is 2. The Morgan fingerprint density at radius 2 is 1.85 bits per heavy atom. The lowest BCUT2D eigenvalue weighted by Gasteiger charge is -2.24. The van der Waals surface area contributed by atoms with E-state index in [0.29, 0.717) is 17.9 Å². The summed E-state index contributed by atoms with van der Waals surface area (Å²) in [6.07, 6.45) is 6.21. The average molecular weight is 403 g/mol. The summed E-state index contributed by atoms with van der Waals surface area (Å²) in [6.45, 7) is 0. The highest BCUT2D eigenvalue weighted by molar-refractivity contribution is 6.30. The minimum absolute atomic E-state index is 0.281. The maximum Gasteiger partial charge on any atom is 0.306 e. The van der Waals surface area contributed by atoms with Gasteiger partial charge >= 0.3 is 5.97 Å². The van der Waals surface area contributed by atoms with Crippen LogP contribution in [0.4, 0.5) is 0 Å². The zero-order valence-corrected chi connectivity index (χ0v) is 16.2. The standard InChI is InChI=1S/C21H20Cl2N2O2/c22-18-11-9-17(10-12-18)20(21(23)25-14-13-24-15-25)27-19(26)8-4-7-16-5-2-1-3-6-16/h1-3,5-6,9-15,20-21H,4,7-8H2. The van der Waals surface area contributed by atoms with Crippen LogP contribution in [0, 0.1) is 0 Å². The number of aryl methyl sites for hydroxylation is 1. The maximum absolute atomic E-state index is 12.4. The van der Waals surface area contributed by atoms with Crippen molar-refractivity contribution in [2.75, 3.05) is 0 Å². The van der Waals surface area contributed by atoms with Gasteiger partial charge in [-0.05, 0) is 36.1 Å². The van der Waals surface area contributed by atoms with Gasteiger partial charge in [0, 0.05) is 23.8 Å². The molecule has 0 aliphatic heterocycles. The number of rotatable bonds is 8. The number of esters is 1. The summed E-state index contributed by atoms with van der Waals surface area (Å²) in [7, 11) is 0. The molecular weight excluding hydrogens is 383 g/mol. The van der Waals surface area contributed by atoms with Crippen LogP contribution in [0.15, 0.2) is 73.3 Å². The summed E-state index contributed by atoms with van der Waals surface area (Å²) in [5.74, 6) is -0.281. The van der Waals surface area contributed by atoms with Gasteiger partial charge in [-0.25, -0.2) is 4.98 Å². The van der Waals surface area contributed by atoms with Gasteiger partial charge in [0.05, 0.1) is 6.33 Å². The van der Waals surface area contributed by atoms with E-state index in [9.17, 15) is 4.79 Å². The molecule has 4 nitrogen and oxygen atoms in total. The van der Waals surface area contributed by atoms with Crippen LogP contribution in [0.5, 0.6) is 0 Å². The third kappa shape index (κ3) is 5.59.